The summed E-state index contributed by atoms with van der Waals surface area (Å²) in [6.45, 7) is 0.677. The van der Waals surface area contributed by atoms with Gasteiger partial charge in [-0.15, -0.1) is 0 Å². The van der Waals surface area contributed by atoms with E-state index in [1.165, 1.54) is 31.2 Å². The Kier molecular flexibility index (Phi) is 6.05. The molecule has 5 heteroatoms. The molecule has 5 nitrogen and oxygen atoms in total. The molecule has 2 saturated carbocycles. The van der Waals surface area contributed by atoms with Crippen LogP contribution >= 0.6 is 0 Å². The molecule has 1 aromatic heterocycles. The van der Waals surface area contributed by atoms with Crippen molar-refractivity contribution in [2.45, 2.75) is 57.4 Å². The summed E-state index contributed by atoms with van der Waals surface area (Å²) in [5.41, 5.74) is 1.17. The number of amides is 2. The summed E-state index contributed by atoms with van der Waals surface area (Å²) in [4.78, 5) is 30.7. The van der Waals surface area contributed by atoms with Gasteiger partial charge in [0.05, 0.1) is 11.8 Å². The molecule has 2 unspecified atom stereocenters. The first kappa shape index (κ1) is 17.9. The Balaban J connectivity index is 1.42. The van der Waals surface area contributed by atoms with Crippen molar-refractivity contribution in [3.8, 4) is 0 Å². The summed E-state index contributed by atoms with van der Waals surface area (Å²) in [6.07, 6.45) is 12.2. The SMILES string of the molecule is CN(CCc1ccncc1)C(=O)C1CC1C(=O)NC1CCCCCC1. The molecule has 2 atom stereocenters. The first-order valence-electron chi connectivity index (χ1n) is 9.59. The third-order valence-electron chi connectivity index (χ3n) is 5.51. The zero-order valence-electron chi connectivity index (χ0n) is 15.1. The minimum atomic E-state index is -0.117. The van der Waals surface area contributed by atoms with Crippen LogP contribution in [0.4, 0.5) is 0 Å². The third-order valence-corrected chi connectivity index (χ3v) is 5.51. The lowest BCUT2D eigenvalue weighted by Gasteiger charge is -2.18. The molecule has 1 aromatic rings. The minimum absolute atomic E-state index is 0.0905. The maximum Gasteiger partial charge on any atom is 0.226 e. The smallest absolute Gasteiger partial charge is 0.226 e. The van der Waals surface area contributed by atoms with E-state index in [2.05, 4.69) is 10.3 Å². The highest BCUT2D eigenvalue weighted by atomic mass is 16.2. The van der Waals surface area contributed by atoms with E-state index in [1.807, 2.05) is 19.2 Å². The van der Waals surface area contributed by atoms with Crippen LogP contribution in [-0.2, 0) is 16.0 Å². The Labute approximate surface area is 150 Å². The highest BCUT2D eigenvalue weighted by Gasteiger charge is 2.49. The maximum absolute atomic E-state index is 12.5. The molecular weight excluding hydrogens is 314 g/mol. The molecule has 1 heterocycles. The third kappa shape index (κ3) is 5.03. The van der Waals surface area contributed by atoms with Gasteiger partial charge in [0, 0.05) is 32.0 Å². The molecular formula is C20H29N3O2. The molecule has 0 spiro atoms. The summed E-state index contributed by atoms with van der Waals surface area (Å²) in [6, 6.07) is 4.26. The Morgan fingerprint density at radius 1 is 1.12 bits per heavy atom. The fourth-order valence-electron chi connectivity index (χ4n) is 3.73. The van der Waals surface area contributed by atoms with Crippen molar-refractivity contribution in [1.82, 2.24) is 15.2 Å². The van der Waals surface area contributed by atoms with Crippen LogP contribution in [0.15, 0.2) is 24.5 Å². The van der Waals surface area contributed by atoms with E-state index in [-0.39, 0.29) is 23.7 Å². The highest BCUT2D eigenvalue weighted by molar-refractivity contribution is 5.92. The van der Waals surface area contributed by atoms with Crippen LogP contribution in [0.1, 0.15) is 50.5 Å². The largest absolute Gasteiger partial charge is 0.353 e. The number of nitrogens with zero attached hydrogens (tertiary/aromatic N) is 2. The Morgan fingerprint density at radius 2 is 1.80 bits per heavy atom. The summed E-state index contributed by atoms with van der Waals surface area (Å²) in [7, 11) is 1.84. The van der Waals surface area contributed by atoms with Crippen molar-refractivity contribution in [3.63, 3.8) is 0 Å². The fraction of sp³-hybridized carbons (Fsp3) is 0.650. The molecule has 0 aromatic carbocycles. The van der Waals surface area contributed by atoms with Crippen molar-refractivity contribution in [2.75, 3.05) is 13.6 Å². The van der Waals surface area contributed by atoms with Crippen LogP contribution in [0.25, 0.3) is 0 Å². The number of hydrogen-bond acceptors (Lipinski definition) is 3. The summed E-state index contributed by atoms with van der Waals surface area (Å²) in [5, 5.41) is 3.19. The van der Waals surface area contributed by atoms with Crippen molar-refractivity contribution in [1.29, 1.82) is 0 Å². The zero-order chi connectivity index (χ0) is 17.6. The van der Waals surface area contributed by atoms with Crippen LogP contribution in [0, 0.1) is 11.8 Å². The lowest BCUT2D eigenvalue weighted by molar-refractivity contribution is -0.133. The van der Waals surface area contributed by atoms with Crippen molar-refractivity contribution in [3.05, 3.63) is 30.1 Å². The van der Waals surface area contributed by atoms with E-state index in [4.69, 9.17) is 0 Å². The number of hydrogen-bond donors (Lipinski definition) is 1. The van der Waals surface area contributed by atoms with Gasteiger partial charge < -0.3 is 10.2 Å². The van der Waals surface area contributed by atoms with Gasteiger partial charge in [-0.05, 0) is 43.4 Å². The average molecular weight is 343 g/mol. The highest BCUT2D eigenvalue weighted by Crippen LogP contribution is 2.40. The predicted octanol–water partition coefficient (Wildman–Crippen LogP) is 2.56. The summed E-state index contributed by atoms with van der Waals surface area (Å²) < 4.78 is 0. The number of nitrogens with one attached hydrogen (secondary N) is 1. The van der Waals surface area contributed by atoms with E-state index in [0.717, 1.165) is 19.3 Å². The Morgan fingerprint density at radius 3 is 2.48 bits per heavy atom. The molecule has 25 heavy (non-hydrogen) atoms. The van der Waals surface area contributed by atoms with E-state index < -0.39 is 0 Å². The van der Waals surface area contributed by atoms with Crippen LogP contribution < -0.4 is 5.32 Å². The van der Waals surface area contributed by atoms with Gasteiger partial charge in [0.15, 0.2) is 0 Å². The van der Waals surface area contributed by atoms with E-state index >= 15 is 0 Å². The second kappa shape index (κ2) is 8.45. The number of carbonyl (C=O) groups is 2. The fourth-order valence-corrected chi connectivity index (χ4v) is 3.73. The van der Waals surface area contributed by atoms with Crippen LogP contribution in [0.5, 0.6) is 0 Å². The maximum atomic E-state index is 12.5. The topological polar surface area (TPSA) is 62.3 Å². The van der Waals surface area contributed by atoms with Gasteiger partial charge in [-0.2, -0.15) is 0 Å². The van der Waals surface area contributed by atoms with E-state index in [9.17, 15) is 9.59 Å². The normalized spacial score (nSPS) is 23.6. The molecule has 2 aliphatic rings. The van der Waals surface area contributed by atoms with Gasteiger partial charge in [0.2, 0.25) is 11.8 Å². The van der Waals surface area contributed by atoms with Gasteiger partial charge in [-0.3, -0.25) is 14.6 Å². The quantitative estimate of drug-likeness (QED) is 0.808. The van der Waals surface area contributed by atoms with E-state index in [1.54, 1.807) is 17.3 Å². The minimum Gasteiger partial charge on any atom is -0.353 e. The van der Waals surface area contributed by atoms with Gasteiger partial charge in [0.1, 0.15) is 0 Å². The Hall–Kier alpha value is -1.91. The molecule has 0 bridgehead atoms. The standard InChI is InChI=1S/C20H29N3O2/c1-23(13-10-15-8-11-21-12-9-15)20(25)18-14-17(18)19(24)22-16-6-4-2-3-5-7-16/h8-9,11-12,16-18H,2-7,10,13-14H2,1H3,(H,22,24). The lowest BCUT2D eigenvalue weighted by atomic mass is 10.1. The molecule has 136 valence electrons. The first-order valence-corrected chi connectivity index (χ1v) is 9.59. The molecule has 0 radical (unpaired) electrons. The summed E-state index contributed by atoms with van der Waals surface area (Å²) in [5.74, 6) is -0.0322. The molecule has 0 aliphatic heterocycles. The molecule has 2 aliphatic carbocycles. The van der Waals surface area contributed by atoms with Crippen LogP contribution in [0.3, 0.4) is 0 Å². The Bertz CT molecular complexity index is 582. The second-order valence-corrected chi connectivity index (χ2v) is 7.51. The second-order valence-electron chi connectivity index (χ2n) is 7.51. The van der Waals surface area contributed by atoms with Gasteiger partial charge in [-0.25, -0.2) is 0 Å². The van der Waals surface area contributed by atoms with Crippen molar-refractivity contribution < 1.29 is 9.59 Å². The predicted molar refractivity (Wildman–Crippen MR) is 96.8 cm³/mol. The molecule has 3 rings (SSSR count). The van der Waals surface area contributed by atoms with Crippen LogP contribution in [0.2, 0.25) is 0 Å². The van der Waals surface area contributed by atoms with E-state index in [0.29, 0.717) is 19.0 Å². The lowest BCUT2D eigenvalue weighted by Crippen LogP contribution is -2.37. The number of carbonyl (C=O) groups excluding carboxylic acids is 2. The number of rotatable bonds is 6. The zero-order valence-corrected chi connectivity index (χ0v) is 15.1. The van der Waals surface area contributed by atoms with Gasteiger partial charge in [0.25, 0.3) is 0 Å². The monoisotopic (exact) mass is 343 g/mol. The van der Waals surface area contributed by atoms with Crippen molar-refractivity contribution >= 4 is 11.8 Å². The van der Waals surface area contributed by atoms with Gasteiger partial charge in [-0.1, -0.05) is 25.7 Å². The van der Waals surface area contributed by atoms with Crippen molar-refractivity contribution in [2.24, 2.45) is 11.8 Å². The molecule has 2 fully saturated rings. The number of likely N-dealkylation sites (N-methyl/N-ethyl adjacent to an activating group) is 1. The number of pyridine rings is 1. The van der Waals surface area contributed by atoms with Crippen LogP contribution in [-0.4, -0.2) is 41.3 Å². The number of aromatic nitrogens is 1. The molecule has 0 saturated heterocycles. The molecule has 1 N–H and O–H groups in total. The first-order chi connectivity index (χ1) is 12.1. The summed E-state index contributed by atoms with van der Waals surface area (Å²) >= 11 is 0. The molecule has 2 amide bonds. The van der Waals surface area contributed by atoms with Gasteiger partial charge >= 0.3 is 0 Å². The average Bonchev–Trinajstić information content (AvgIpc) is 3.44.